The van der Waals surface area contributed by atoms with Crippen LogP contribution in [0.5, 0.6) is 0 Å². The van der Waals surface area contributed by atoms with E-state index in [0.717, 1.165) is 0 Å². The fourth-order valence-electron chi connectivity index (χ4n) is 0.979. The molecule has 0 amide bonds. The Morgan fingerprint density at radius 1 is 1.57 bits per heavy atom. The topological polar surface area (TPSA) is 79.4 Å². The molecule has 1 aromatic heterocycles. The number of nitrogens with zero attached hydrogens (tertiary/aromatic N) is 1. The third-order valence-electron chi connectivity index (χ3n) is 1.72. The Morgan fingerprint density at radius 3 is 2.71 bits per heavy atom. The van der Waals surface area contributed by atoms with Gasteiger partial charge in [0.2, 0.25) is 0 Å². The molecule has 0 aliphatic heterocycles. The summed E-state index contributed by atoms with van der Waals surface area (Å²) >= 11 is 8.69. The fraction of sp³-hybridized carbons (Fsp3) is 0.375. The summed E-state index contributed by atoms with van der Waals surface area (Å²) in [5.41, 5.74) is 6.09. The second kappa shape index (κ2) is 4.93. The number of alkyl halides is 1. The molecule has 1 aromatic rings. The van der Waals surface area contributed by atoms with Gasteiger partial charge in [0, 0.05) is 11.5 Å². The van der Waals surface area contributed by atoms with Gasteiger partial charge in [-0.05, 0) is 6.07 Å². The first-order valence-corrected chi connectivity index (χ1v) is 5.39. The highest BCUT2D eigenvalue weighted by Crippen LogP contribution is 2.24. The van der Waals surface area contributed by atoms with Crippen molar-refractivity contribution in [1.29, 1.82) is 0 Å². The van der Waals surface area contributed by atoms with Crippen molar-refractivity contribution in [1.82, 2.24) is 4.98 Å². The zero-order valence-electron chi connectivity index (χ0n) is 7.19. The maximum atomic E-state index is 9.60. The number of hydrogen-bond acceptors (Lipinski definition) is 4. The largest absolute Gasteiger partial charge is 0.397 e. The van der Waals surface area contributed by atoms with Gasteiger partial charge < -0.3 is 15.9 Å². The number of aliphatic hydroxyl groups is 2. The van der Waals surface area contributed by atoms with E-state index in [0.29, 0.717) is 5.02 Å². The normalized spacial score (nSPS) is 15.1. The van der Waals surface area contributed by atoms with Gasteiger partial charge in [0.1, 0.15) is 6.10 Å². The maximum Gasteiger partial charge on any atom is 0.125 e. The highest BCUT2D eigenvalue weighted by atomic mass is 79.9. The maximum absolute atomic E-state index is 9.60. The molecule has 0 spiro atoms. The van der Waals surface area contributed by atoms with Crippen LogP contribution >= 0.6 is 27.5 Å². The zero-order chi connectivity index (χ0) is 10.7. The Kier molecular flexibility index (Phi) is 4.12. The number of aliphatic hydroxyl groups excluding tert-OH is 2. The molecule has 78 valence electrons. The van der Waals surface area contributed by atoms with Crippen LogP contribution < -0.4 is 5.73 Å². The van der Waals surface area contributed by atoms with E-state index < -0.39 is 12.2 Å². The standard InChI is InChI=1S/C8H10BrClN2O2/c9-2-6(13)8(14)7-5(11)1-4(10)3-12-7/h1,3,6,8,13-14H,2,11H2. The lowest BCUT2D eigenvalue weighted by Crippen LogP contribution is -2.21. The van der Waals surface area contributed by atoms with Crippen molar-refractivity contribution >= 4 is 33.2 Å². The summed E-state index contributed by atoms with van der Waals surface area (Å²) in [6.07, 6.45) is -0.671. The first-order chi connectivity index (χ1) is 6.56. The van der Waals surface area contributed by atoms with E-state index in [1.54, 1.807) is 0 Å². The summed E-state index contributed by atoms with van der Waals surface area (Å²) < 4.78 is 0. The monoisotopic (exact) mass is 280 g/mol. The van der Waals surface area contributed by atoms with Crippen molar-refractivity contribution in [3.8, 4) is 0 Å². The highest BCUT2D eigenvalue weighted by molar-refractivity contribution is 9.09. The molecule has 0 bridgehead atoms. The Bertz CT molecular complexity index is 324. The van der Waals surface area contributed by atoms with Crippen molar-refractivity contribution in [2.45, 2.75) is 12.2 Å². The van der Waals surface area contributed by atoms with Crippen LogP contribution in [0.2, 0.25) is 5.02 Å². The van der Waals surface area contributed by atoms with E-state index in [1.807, 2.05) is 0 Å². The van der Waals surface area contributed by atoms with Gasteiger partial charge in [-0.25, -0.2) is 0 Å². The molecule has 1 heterocycles. The number of aromatic nitrogens is 1. The molecule has 6 heteroatoms. The molecular formula is C8H10BrClN2O2. The molecular weight excluding hydrogens is 271 g/mol. The molecule has 0 fully saturated rings. The van der Waals surface area contributed by atoms with E-state index in [9.17, 15) is 10.2 Å². The predicted molar refractivity (Wildman–Crippen MR) is 58.4 cm³/mol. The van der Waals surface area contributed by atoms with Crippen LogP contribution in [0.25, 0.3) is 0 Å². The predicted octanol–water partition coefficient (Wildman–Crippen LogP) is 1.11. The van der Waals surface area contributed by atoms with Crippen molar-refractivity contribution in [2.24, 2.45) is 0 Å². The van der Waals surface area contributed by atoms with Crippen LogP contribution in [-0.2, 0) is 0 Å². The molecule has 0 aromatic carbocycles. The van der Waals surface area contributed by atoms with Gasteiger partial charge in [-0.3, -0.25) is 4.98 Å². The molecule has 0 radical (unpaired) electrons. The zero-order valence-corrected chi connectivity index (χ0v) is 9.53. The average Bonchev–Trinajstić information content (AvgIpc) is 2.15. The van der Waals surface area contributed by atoms with E-state index >= 15 is 0 Å². The smallest absolute Gasteiger partial charge is 0.125 e. The molecule has 0 aliphatic rings. The summed E-state index contributed by atoms with van der Waals surface area (Å²) in [4.78, 5) is 3.86. The minimum Gasteiger partial charge on any atom is -0.397 e. The Balaban J connectivity index is 2.95. The number of nitrogens with two attached hydrogens (primary N) is 1. The third kappa shape index (κ3) is 2.57. The molecule has 0 saturated heterocycles. The Morgan fingerprint density at radius 2 is 2.21 bits per heavy atom. The van der Waals surface area contributed by atoms with Crippen molar-refractivity contribution in [3.05, 3.63) is 23.0 Å². The lowest BCUT2D eigenvalue weighted by Gasteiger charge is -2.16. The number of anilines is 1. The van der Waals surface area contributed by atoms with E-state index in [4.69, 9.17) is 17.3 Å². The molecule has 2 unspecified atom stereocenters. The fourth-order valence-corrected chi connectivity index (χ4v) is 1.50. The summed E-state index contributed by atoms with van der Waals surface area (Å²) in [6, 6.07) is 1.48. The number of nitrogen functional groups attached to an aromatic ring is 1. The van der Waals surface area contributed by atoms with Gasteiger partial charge in [0.05, 0.1) is 22.5 Å². The Labute approximate surface area is 94.8 Å². The summed E-state index contributed by atoms with van der Waals surface area (Å²) in [7, 11) is 0. The van der Waals surface area contributed by atoms with E-state index in [1.165, 1.54) is 12.3 Å². The second-order valence-corrected chi connectivity index (χ2v) is 3.88. The van der Waals surface area contributed by atoms with Gasteiger partial charge in [-0.2, -0.15) is 0 Å². The molecule has 4 N–H and O–H groups in total. The third-order valence-corrected chi connectivity index (χ3v) is 2.59. The van der Waals surface area contributed by atoms with Crippen molar-refractivity contribution in [3.63, 3.8) is 0 Å². The first kappa shape index (κ1) is 11.7. The molecule has 2 atom stereocenters. The average molecular weight is 282 g/mol. The minimum atomic E-state index is -1.10. The lowest BCUT2D eigenvalue weighted by molar-refractivity contribution is 0.0320. The molecule has 0 saturated carbocycles. The van der Waals surface area contributed by atoms with E-state index in [-0.39, 0.29) is 16.7 Å². The van der Waals surface area contributed by atoms with E-state index in [2.05, 4.69) is 20.9 Å². The quantitative estimate of drug-likeness (QED) is 0.725. The van der Waals surface area contributed by atoms with Gasteiger partial charge >= 0.3 is 0 Å². The SMILES string of the molecule is Nc1cc(Cl)cnc1C(O)C(O)CBr. The lowest BCUT2D eigenvalue weighted by atomic mass is 10.1. The summed E-state index contributed by atoms with van der Waals surface area (Å²) in [5.74, 6) is 0. The molecule has 4 nitrogen and oxygen atoms in total. The minimum absolute atomic E-state index is 0.237. The highest BCUT2D eigenvalue weighted by Gasteiger charge is 2.20. The molecule has 0 aliphatic carbocycles. The van der Waals surface area contributed by atoms with Crippen LogP contribution in [0.3, 0.4) is 0 Å². The number of pyridine rings is 1. The van der Waals surface area contributed by atoms with Crippen molar-refractivity contribution in [2.75, 3.05) is 11.1 Å². The summed E-state index contributed by atoms with van der Waals surface area (Å²) in [5, 5.41) is 19.6. The molecule has 1 rings (SSSR count). The van der Waals surface area contributed by atoms with Crippen LogP contribution in [0.4, 0.5) is 5.69 Å². The summed E-state index contributed by atoms with van der Waals surface area (Å²) in [6.45, 7) is 0. The number of rotatable bonds is 3. The van der Waals surface area contributed by atoms with Crippen LogP contribution in [0.15, 0.2) is 12.3 Å². The first-order valence-electron chi connectivity index (χ1n) is 3.89. The number of hydrogen-bond donors (Lipinski definition) is 3. The second-order valence-electron chi connectivity index (χ2n) is 2.79. The van der Waals surface area contributed by atoms with Crippen LogP contribution in [0.1, 0.15) is 11.8 Å². The van der Waals surface area contributed by atoms with Crippen LogP contribution in [-0.4, -0.2) is 26.6 Å². The van der Waals surface area contributed by atoms with Gasteiger partial charge in [-0.1, -0.05) is 27.5 Å². The van der Waals surface area contributed by atoms with Gasteiger partial charge in [0.25, 0.3) is 0 Å². The molecule has 14 heavy (non-hydrogen) atoms. The van der Waals surface area contributed by atoms with Crippen LogP contribution in [0, 0.1) is 0 Å². The number of halogens is 2. The van der Waals surface area contributed by atoms with Crippen molar-refractivity contribution < 1.29 is 10.2 Å². The van der Waals surface area contributed by atoms with Gasteiger partial charge in [0.15, 0.2) is 0 Å². The Hall–Kier alpha value is -0.360. The van der Waals surface area contributed by atoms with Gasteiger partial charge in [-0.15, -0.1) is 0 Å².